The van der Waals surface area contributed by atoms with Crippen molar-refractivity contribution in [1.82, 2.24) is 4.90 Å². The van der Waals surface area contributed by atoms with Gasteiger partial charge in [0.25, 0.3) is 0 Å². The van der Waals surface area contributed by atoms with Gasteiger partial charge in [-0.15, -0.1) is 0 Å². The minimum atomic E-state index is 0.000138. The molecule has 0 amide bonds. The summed E-state index contributed by atoms with van der Waals surface area (Å²) in [4.78, 5) is 2.87. The van der Waals surface area contributed by atoms with Gasteiger partial charge in [-0.25, -0.2) is 0 Å². The van der Waals surface area contributed by atoms with Crippen LogP contribution >= 0.6 is 0 Å². The number of ether oxygens (including phenoxy) is 1. The van der Waals surface area contributed by atoms with Crippen molar-refractivity contribution in [2.75, 3.05) is 20.2 Å². The molecule has 34 heavy (non-hydrogen) atoms. The first-order valence-electron chi connectivity index (χ1n) is 14.2. The van der Waals surface area contributed by atoms with E-state index in [2.05, 4.69) is 78.5 Å². The SMILES string of the molecule is CC.COC12CC3(c4c(C)cccc4C)CCN(CC4CC4)C(C)C31CC2C(C)(C)C(C)(C)C. The zero-order valence-corrected chi connectivity index (χ0v) is 24.3. The van der Waals surface area contributed by atoms with Crippen molar-refractivity contribution >= 4 is 0 Å². The molecule has 1 spiro atoms. The van der Waals surface area contributed by atoms with E-state index >= 15 is 0 Å². The predicted molar refractivity (Wildman–Crippen MR) is 145 cm³/mol. The Balaban J connectivity index is 0.00000133. The molecule has 3 saturated carbocycles. The lowest BCUT2D eigenvalue weighted by Crippen LogP contribution is -2.91. The maximum absolute atomic E-state index is 6.77. The number of aryl methyl sites for hydroxylation is 2. The number of hydrogen-bond acceptors (Lipinski definition) is 2. The average molecular weight is 468 g/mol. The first-order valence-corrected chi connectivity index (χ1v) is 14.2. The Morgan fingerprint density at radius 3 is 2.12 bits per heavy atom. The Kier molecular flexibility index (Phi) is 6.43. The molecule has 0 bridgehead atoms. The van der Waals surface area contributed by atoms with Gasteiger partial charge in [0.2, 0.25) is 0 Å². The summed E-state index contributed by atoms with van der Waals surface area (Å²) < 4.78 is 6.77. The molecule has 4 fully saturated rings. The van der Waals surface area contributed by atoms with Gasteiger partial charge in [-0.05, 0) is 98.8 Å². The highest BCUT2D eigenvalue weighted by Crippen LogP contribution is 2.84. The molecule has 1 aromatic rings. The van der Waals surface area contributed by atoms with Crippen molar-refractivity contribution in [1.29, 1.82) is 0 Å². The second kappa shape index (κ2) is 8.34. The van der Waals surface area contributed by atoms with Crippen LogP contribution in [0.2, 0.25) is 0 Å². The second-order valence-electron chi connectivity index (χ2n) is 13.7. The molecule has 1 heterocycles. The van der Waals surface area contributed by atoms with Crippen molar-refractivity contribution in [3.63, 3.8) is 0 Å². The third-order valence-corrected chi connectivity index (χ3v) is 11.7. The number of nitrogens with zero attached hydrogens (tertiary/aromatic N) is 1. The zero-order chi connectivity index (χ0) is 25.3. The summed E-state index contributed by atoms with van der Waals surface area (Å²) in [6.07, 6.45) is 6.68. The highest BCUT2D eigenvalue weighted by molar-refractivity contribution is 5.52. The molecule has 1 aliphatic heterocycles. The number of likely N-dealkylation sites (tertiary alicyclic amines) is 1. The Labute approximate surface area is 211 Å². The molecular weight excluding hydrogens is 414 g/mol. The molecule has 4 aliphatic rings. The Morgan fingerprint density at radius 2 is 1.62 bits per heavy atom. The van der Waals surface area contributed by atoms with Gasteiger partial charge >= 0.3 is 0 Å². The number of piperidine rings is 1. The number of methoxy groups -OCH3 is 1. The van der Waals surface area contributed by atoms with Crippen LogP contribution < -0.4 is 0 Å². The molecule has 1 aromatic carbocycles. The predicted octanol–water partition coefficient (Wildman–Crippen LogP) is 7.94. The number of benzene rings is 1. The van der Waals surface area contributed by atoms with Gasteiger partial charge in [-0.3, -0.25) is 4.90 Å². The van der Waals surface area contributed by atoms with Gasteiger partial charge in [0.1, 0.15) is 0 Å². The minimum absolute atomic E-state index is 0.000138. The smallest absolute Gasteiger partial charge is 0.0800 e. The fourth-order valence-electron chi connectivity index (χ4n) is 8.94. The van der Waals surface area contributed by atoms with Crippen LogP contribution in [0, 0.1) is 41.9 Å². The Morgan fingerprint density at radius 1 is 1.03 bits per heavy atom. The van der Waals surface area contributed by atoms with E-state index in [-0.39, 0.29) is 27.3 Å². The van der Waals surface area contributed by atoms with E-state index in [1.54, 1.807) is 5.56 Å². The summed E-state index contributed by atoms with van der Waals surface area (Å²) in [6.45, 7) is 26.2. The minimum Gasteiger partial charge on any atom is -0.377 e. The van der Waals surface area contributed by atoms with Gasteiger partial charge in [-0.1, -0.05) is 66.7 Å². The van der Waals surface area contributed by atoms with Crippen molar-refractivity contribution in [2.45, 2.75) is 118 Å². The van der Waals surface area contributed by atoms with Crippen LogP contribution in [0.4, 0.5) is 0 Å². The average Bonchev–Trinajstić information content (AvgIpc) is 3.57. The number of rotatable bonds is 5. The normalized spacial score (nSPS) is 37.5. The first-order chi connectivity index (χ1) is 15.9. The number of hydrogen-bond donors (Lipinski definition) is 0. The van der Waals surface area contributed by atoms with Gasteiger partial charge in [0.15, 0.2) is 0 Å². The summed E-state index contributed by atoms with van der Waals surface area (Å²) in [5.74, 6) is 1.56. The Hall–Kier alpha value is -0.860. The van der Waals surface area contributed by atoms with Crippen LogP contribution in [0.3, 0.4) is 0 Å². The monoisotopic (exact) mass is 467 g/mol. The molecular formula is C32H53NO. The summed E-state index contributed by atoms with van der Waals surface area (Å²) in [6, 6.07) is 7.54. The van der Waals surface area contributed by atoms with Gasteiger partial charge in [-0.2, -0.15) is 0 Å². The van der Waals surface area contributed by atoms with Gasteiger partial charge in [0.05, 0.1) is 5.60 Å². The molecule has 5 unspecified atom stereocenters. The zero-order valence-electron chi connectivity index (χ0n) is 24.3. The van der Waals surface area contributed by atoms with Crippen molar-refractivity contribution in [3.8, 4) is 0 Å². The third kappa shape index (κ3) is 3.13. The van der Waals surface area contributed by atoms with E-state index in [0.29, 0.717) is 12.0 Å². The van der Waals surface area contributed by atoms with Crippen LogP contribution in [0.25, 0.3) is 0 Å². The molecule has 0 radical (unpaired) electrons. The van der Waals surface area contributed by atoms with E-state index in [4.69, 9.17) is 4.74 Å². The van der Waals surface area contributed by atoms with Gasteiger partial charge < -0.3 is 4.74 Å². The summed E-state index contributed by atoms with van der Waals surface area (Å²) in [5, 5.41) is 0. The third-order valence-electron chi connectivity index (χ3n) is 11.7. The largest absolute Gasteiger partial charge is 0.377 e. The lowest BCUT2D eigenvalue weighted by Gasteiger charge is -2.86. The molecule has 2 nitrogen and oxygen atoms in total. The molecule has 0 N–H and O–H groups in total. The lowest BCUT2D eigenvalue weighted by molar-refractivity contribution is -0.399. The first kappa shape index (κ1) is 26.2. The second-order valence-corrected chi connectivity index (χ2v) is 13.7. The van der Waals surface area contributed by atoms with Crippen molar-refractivity contribution in [3.05, 3.63) is 34.9 Å². The molecule has 5 rings (SSSR count). The van der Waals surface area contributed by atoms with Crippen LogP contribution in [0.1, 0.15) is 104 Å². The standard InChI is InChI=1S/C30H47NO.C2H6/c1-20-11-10-12-21(2)25(20)28-15-16-31(18-23-13-14-23)22(3)29(28)17-24(30(29,19-28)32-9)27(7,8)26(4,5)6;1-2/h10-12,22-24H,13-19H2,1-9H3;1-2H3. The fourth-order valence-corrected chi connectivity index (χ4v) is 8.94. The van der Waals surface area contributed by atoms with E-state index in [0.717, 1.165) is 5.92 Å². The molecule has 3 aliphatic carbocycles. The molecule has 5 atom stereocenters. The highest BCUT2D eigenvalue weighted by atomic mass is 16.5. The quantitative estimate of drug-likeness (QED) is 0.436. The highest BCUT2D eigenvalue weighted by Gasteiger charge is 2.87. The summed E-state index contributed by atoms with van der Waals surface area (Å²) in [7, 11) is 2.04. The van der Waals surface area contributed by atoms with E-state index in [9.17, 15) is 0 Å². The maximum Gasteiger partial charge on any atom is 0.0800 e. The Bertz CT molecular complexity index is 888. The molecule has 1 saturated heterocycles. The van der Waals surface area contributed by atoms with E-state index in [1.807, 2.05) is 21.0 Å². The van der Waals surface area contributed by atoms with Crippen molar-refractivity contribution in [2.24, 2.45) is 28.1 Å². The lowest BCUT2D eigenvalue weighted by atomic mass is 9.21. The maximum atomic E-state index is 6.77. The van der Waals surface area contributed by atoms with E-state index < -0.39 is 0 Å². The fraction of sp³-hybridized carbons (Fsp3) is 0.812. The topological polar surface area (TPSA) is 12.5 Å². The van der Waals surface area contributed by atoms with Gasteiger partial charge in [0, 0.05) is 30.5 Å². The van der Waals surface area contributed by atoms with Crippen molar-refractivity contribution < 1.29 is 4.74 Å². The molecule has 192 valence electrons. The van der Waals surface area contributed by atoms with Crippen LogP contribution in [0.5, 0.6) is 0 Å². The van der Waals surface area contributed by atoms with Crippen LogP contribution in [-0.4, -0.2) is 36.7 Å². The molecule has 2 heteroatoms. The van der Waals surface area contributed by atoms with Crippen LogP contribution in [0.15, 0.2) is 18.2 Å². The summed E-state index contributed by atoms with van der Waals surface area (Å²) >= 11 is 0. The van der Waals surface area contributed by atoms with E-state index in [1.165, 1.54) is 56.3 Å². The molecule has 0 aromatic heterocycles. The van der Waals surface area contributed by atoms with Crippen LogP contribution in [-0.2, 0) is 10.2 Å². The summed E-state index contributed by atoms with van der Waals surface area (Å²) in [5.41, 5.74) is 5.64.